The van der Waals surface area contributed by atoms with E-state index in [1.54, 1.807) is 30.3 Å². The smallest absolute Gasteiger partial charge is 0.342 e. The Morgan fingerprint density at radius 2 is 1.56 bits per heavy atom. The summed E-state index contributed by atoms with van der Waals surface area (Å²) >= 11 is 0. The number of anilines is 1. The number of benzene rings is 3. The number of carbonyl (C=O) groups is 2. The molecule has 0 bridgehead atoms. The average Bonchev–Trinajstić information content (AvgIpc) is 2.61. The Morgan fingerprint density at radius 1 is 0.960 bits per heavy atom. The second-order valence-electron chi connectivity index (χ2n) is 5.62. The standard InChI is InChI=1S/C20H17NO4/c1-13(19(23)21-16-9-3-2-4-10-16)25-20(24)17-11-14-7-5-6-8-15(14)12-18(17)22/h2-13,22H,1H3,(H,21,23)/t13-/m1/s1. The summed E-state index contributed by atoms with van der Waals surface area (Å²) in [4.78, 5) is 24.4. The van der Waals surface area contributed by atoms with E-state index in [9.17, 15) is 14.7 Å². The molecule has 5 heteroatoms. The zero-order chi connectivity index (χ0) is 17.8. The van der Waals surface area contributed by atoms with Gasteiger partial charge in [0.2, 0.25) is 0 Å². The van der Waals surface area contributed by atoms with Crippen LogP contribution in [0.3, 0.4) is 0 Å². The van der Waals surface area contributed by atoms with Crippen molar-refractivity contribution in [1.82, 2.24) is 0 Å². The molecule has 2 N–H and O–H groups in total. The second-order valence-corrected chi connectivity index (χ2v) is 5.62. The summed E-state index contributed by atoms with van der Waals surface area (Å²) in [6.45, 7) is 1.48. The molecule has 5 nitrogen and oxygen atoms in total. The van der Waals surface area contributed by atoms with Gasteiger partial charge in [-0.2, -0.15) is 0 Å². The SMILES string of the molecule is C[C@@H](OC(=O)c1cc2ccccc2cc1O)C(=O)Nc1ccccc1. The van der Waals surface area contributed by atoms with Gasteiger partial charge in [0.15, 0.2) is 6.10 Å². The topological polar surface area (TPSA) is 75.6 Å². The highest BCUT2D eigenvalue weighted by Crippen LogP contribution is 2.26. The van der Waals surface area contributed by atoms with Crippen molar-refractivity contribution in [3.05, 3.63) is 72.3 Å². The van der Waals surface area contributed by atoms with Crippen LogP contribution in [0.15, 0.2) is 66.7 Å². The predicted molar refractivity (Wildman–Crippen MR) is 95.6 cm³/mol. The van der Waals surface area contributed by atoms with Crippen LogP contribution in [-0.2, 0) is 9.53 Å². The Bertz CT molecular complexity index is 921. The second kappa shape index (κ2) is 7.05. The largest absolute Gasteiger partial charge is 0.507 e. The molecule has 0 aliphatic carbocycles. The zero-order valence-electron chi connectivity index (χ0n) is 13.6. The van der Waals surface area contributed by atoms with Crippen molar-refractivity contribution in [3.8, 4) is 5.75 Å². The number of aromatic hydroxyl groups is 1. The lowest BCUT2D eigenvalue weighted by Gasteiger charge is -2.14. The van der Waals surface area contributed by atoms with Gasteiger partial charge in [0.1, 0.15) is 11.3 Å². The van der Waals surface area contributed by atoms with Gasteiger partial charge in [-0.3, -0.25) is 4.79 Å². The van der Waals surface area contributed by atoms with Crippen molar-refractivity contribution in [2.75, 3.05) is 5.32 Å². The molecule has 0 aromatic heterocycles. The van der Waals surface area contributed by atoms with Gasteiger partial charge in [-0.1, -0.05) is 42.5 Å². The zero-order valence-corrected chi connectivity index (χ0v) is 13.6. The van der Waals surface area contributed by atoms with Gasteiger partial charge in [-0.05, 0) is 42.0 Å². The van der Waals surface area contributed by atoms with Crippen molar-refractivity contribution < 1.29 is 19.4 Å². The minimum Gasteiger partial charge on any atom is -0.507 e. The number of nitrogens with one attached hydrogen (secondary N) is 1. The van der Waals surface area contributed by atoms with Gasteiger partial charge in [0.25, 0.3) is 5.91 Å². The molecule has 3 rings (SSSR count). The van der Waals surface area contributed by atoms with E-state index in [0.29, 0.717) is 5.69 Å². The third kappa shape index (κ3) is 3.77. The van der Waals surface area contributed by atoms with Gasteiger partial charge in [0.05, 0.1) is 0 Å². The molecule has 1 atom stereocenters. The summed E-state index contributed by atoms with van der Waals surface area (Å²) in [7, 11) is 0. The first-order valence-corrected chi connectivity index (χ1v) is 7.83. The number of rotatable bonds is 4. The minimum absolute atomic E-state index is 0.0260. The number of amides is 1. The van der Waals surface area contributed by atoms with E-state index in [1.165, 1.54) is 13.0 Å². The van der Waals surface area contributed by atoms with E-state index in [0.717, 1.165) is 10.8 Å². The first kappa shape index (κ1) is 16.5. The Morgan fingerprint density at radius 3 is 2.24 bits per heavy atom. The molecule has 0 saturated carbocycles. The molecular weight excluding hydrogens is 318 g/mol. The van der Waals surface area contributed by atoms with Crippen LogP contribution in [0.1, 0.15) is 17.3 Å². The van der Waals surface area contributed by atoms with Crippen LogP contribution in [0, 0.1) is 0 Å². The van der Waals surface area contributed by atoms with Gasteiger partial charge >= 0.3 is 5.97 Å². The lowest BCUT2D eigenvalue weighted by atomic mass is 10.1. The lowest BCUT2D eigenvalue weighted by Crippen LogP contribution is -2.30. The minimum atomic E-state index is -1.00. The number of fused-ring (bicyclic) bond motifs is 1. The number of phenolic OH excluding ortho intramolecular Hbond substituents is 1. The highest BCUT2D eigenvalue weighted by atomic mass is 16.5. The molecule has 0 aliphatic heterocycles. The highest BCUT2D eigenvalue weighted by Gasteiger charge is 2.21. The summed E-state index contributed by atoms with van der Waals surface area (Å²) in [5.41, 5.74) is 0.641. The van der Waals surface area contributed by atoms with Crippen LogP contribution < -0.4 is 5.32 Å². The molecule has 0 saturated heterocycles. The van der Waals surface area contributed by atoms with Crippen LogP contribution >= 0.6 is 0 Å². The summed E-state index contributed by atoms with van der Waals surface area (Å²) in [6.07, 6.45) is -1.00. The van der Waals surface area contributed by atoms with Gasteiger partial charge in [-0.25, -0.2) is 4.79 Å². The van der Waals surface area contributed by atoms with Crippen LogP contribution in [0.5, 0.6) is 5.75 Å². The molecule has 126 valence electrons. The van der Waals surface area contributed by atoms with Gasteiger partial charge in [0, 0.05) is 5.69 Å². The number of phenols is 1. The van der Waals surface area contributed by atoms with E-state index >= 15 is 0 Å². The average molecular weight is 335 g/mol. The van der Waals surface area contributed by atoms with E-state index in [2.05, 4.69) is 5.32 Å². The fraction of sp³-hybridized carbons (Fsp3) is 0.100. The maximum absolute atomic E-state index is 12.3. The third-order valence-electron chi connectivity index (χ3n) is 3.78. The Balaban J connectivity index is 1.73. The molecule has 0 heterocycles. The Hall–Kier alpha value is -3.34. The normalized spacial score (nSPS) is 11.7. The quantitative estimate of drug-likeness (QED) is 0.712. The number of ether oxygens (including phenoxy) is 1. The Labute approximate surface area is 144 Å². The van der Waals surface area contributed by atoms with Crippen LogP contribution in [0.4, 0.5) is 5.69 Å². The molecular formula is C20H17NO4. The highest BCUT2D eigenvalue weighted by molar-refractivity contribution is 6.01. The monoisotopic (exact) mass is 335 g/mol. The van der Waals surface area contributed by atoms with Crippen molar-refractivity contribution in [1.29, 1.82) is 0 Å². The van der Waals surface area contributed by atoms with Crippen LogP contribution in [-0.4, -0.2) is 23.1 Å². The number of carbonyl (C=O) groups excluding carboxylic acids is 2. The molecule has 0 radical (unpaired) electrons. The molecule has 0 unspecified atom stereocenters. The van der Waals surface area contributed by atoms with Gasteiger partial charge in [-0.15, -0.1) is 0 Å². The van der Waals surface area contributed by atoms with E-state index in [4.69, 9.17) is 4.74 Å². The number of hydrogen-bond acceptors (Lipinski definition) is 4. The molecule has 3 aromatic rings. The molecule has 3 aromatic carbocycles. The summed E-state index contributed by atoms with van der Waals surface area (Å²) in [6, 6.07) is 19.3. The maximum atomic E-state index is 12.3. The van der Waals surface area contributed by atoms with E-state index in [1.807, 2.05) is 30.3 Å². The summed E-state index contributed by atoms with van der Waals surface area (Å²) < 4.78 is 5.19. The number of esters is 1. The van der Waals surface area contributed by atoms with E-state index < -0.39 is 18.0 Å². The van der Waals surface area contributed by atoms with Crippen molar-refractivity contribution in [3.63, 3.8) is 0 Å². The first-order chi connectivity index (χ1) is 12.0. The number of para-hydroxylation sites is 1. The third-order valence-corrected chi connectivity index (χ3v) is 3.78. The first-order valence-electron chi connectivity index (χ1n) is 7.83. The van der Waals surface area contributed by atoms with Crippen molar-refractivity contribution >= 4 is 28.3 Å². The molecule has 0 fully saturated rings. The van der Waals surface area contributed by atoms with Crippen LogP contribution in [0.2, 0.25) is 0 Å². The predicted octanol–water partition coefficient (Wildman–Crippen LogP) is 3.73. The van der Waals surface area contributed by atoms with Crippen LogP contribution in [0.25, 0.3) is 10.8 Å². The fourth-order valence-electron chi connectivity index (χ4n) is 2.43. The Kier molecular flexibility index (Phi) is 4.66. The lowest BCUT2D eigenvalue weighted by molar-refractivity contribution is -0.123. The van der Waals surface area contributed by atoms with E-state index in [-0.39, 0.29) is 11.3 Å². The van der Waals surface area contributed by atoms with Crippen molar-refractivity contribution in [2.45, 2.75) is 13.0 Å². The molecule has 25 heavy (non-hydrogen) atoms. The van der Waals surface area contributed by atoms with Crippen molar-refractivity contribution in [2.24, 2.45) is 0 Å². The molecule has 1 amide bonds. The van der Waals surface area contributed by atoms with Gasteiger partial charge < -0.3 is 15.2 Å². The maximum Gasteiger partial charge on any atom is 0.342 e. The molecule has 0 spiro atoms. The summed E-state index contributed by atoms with van der Waals surface area (Å²) in [5.74, 6) is -1.38. The number of hydrogen-bond donors (Lipinski definition) is 2. The summed E-state index contributed by atoms with van der Waals surface area (Å²) in [5, 5.41) is 14.3. The fourth-order valence-corrected chi connectivity index (χ4v) is 2.43. The molecule has 0 aliphatic rings.